The van der Waals surface area contributed by atoms with Gasteiger partial charge in [0.2, 0.25) is 5.91 Å². The number of aryl methyl sites for hydroxylation is 1. The fourth-order valence-electron chi connectivity index (χ4n) is 0.924. The Morgan fingerprint density at radius 1 is 1.57 bits per heavy atom. The first-order valence-electron chi connectivity index (χ1n) is 3.97. The minimum absolute atomic E-state index is 0.0622. The number of carbonyl (C=O) groups excluding carboxylic acids is 1. The lowest BCUT2D eigenvalue weighted by atomic mass is 10.2. The van der Waals surface area contributed by atoms with E-state index in [2.05, 4.69) is 4.98 Å². The molecule has 0 saturated heterocycles. The summed E-state index contributed by atoms with van der Waals surface area (Å²) in [5.41, 5.74) is 5.50. The first kappa shape index (κ1) is 10.1. The van der Waals surface area contributed by atoms with E-state index in [1.54, 1.807) is 0 Å². The summed E-state index contributed by atoms with van der Waals surface area (Å²) in [6, 6.07) is 2.87. The van der Waals surface area contributed by atoms with E-state index in [1.807, 2.05) is 0 Å². The predicted octanol–water partition coefficient (Wildman–Crippen LogP) is 0.408. The van der Waals surface area contributed by atoms with Gasteiger partial charge in [-0.2, -0.15) is 0 Å². The highest BCUT2D eigenvalue weighted by molar-refractivity contribution is 5.73. The number of rotatable bonds is 4. The van der Waals surface area contributed by atoms with Gasteiger partial charge >= 0.3 is 0 Å². The molecule has 0 aromatic carbocycles. The molecule has 14 heavy (non-hydrogen) atoms. The summed E-state index contributed by atoms with van der Waals surface area (Å²) in [4.78, 5) is 24.0. The molecule has 2 N–H and O–H groups in total. The van der Waals surface area contributed by atoms with Gasteiger partial charge in [-0.1, -0.05) is 0 Å². The van der Waals surface area contributed by atoms with Gasteiger partial charge in [-0.25, -0.2) is 0 Å². The summed E-state index contributed by atoms with van der Waals surface area (Å²) >= 11 is 0. The number of nitrogens with two attached hydrogens (primary N) is 1. The summed E-state index contributed by atoms with van der Waals surface area (Å²) in [6.07, 6.45) is 1.77. The van der Waals surface area contributed by atoms with Gasteiger partial charge in [0.1, 0.15) is 6.20 Å². The Hall–Kier alpha value is -1.98. The van der Waals surface area contributed by atoms with E-state index < -0.39 is 10.8 Å². The van der Waals surface area contributed by atoms with Gasteiger partial charge < -0.3 is 5.73 Å². The molecule has 1 aromatic heterocycles. The van der Waals surface area contributed by atoms with E-state index in [0.717, 1.165) is 6.20 Å². The molecule has 0 bridgehead atoms. The lowest BCUT2D eigenvalue weighted by Crippen LogP contribution is -2.11. The summed E-state index contributed by atoms with van der Waals surface area (Å²) < 4.78 is 0. The Morgan fingerprint density at radius 2 is 2.29 bits per heavy atom. The molecule has 0 atom stereocenters. The Balaban J connectivity index is 2.64. The van der Waals surface area contributed by atoms with Crippen molar-refractivity contribution in [1.29, 1.82) is 0 Å². The first-order valence-corrected chi connectivity index (χ1v) is 3.97. The Labute approximate surface area is 79.9 Å². The number of carbonyl (C=O) groups is 1. The van der Waals surface area contributed by atoms with Gasteiger partial charge in [-0.3, -0.25) is 19.9 Å². The Kier molecular flexibility index (Phi) is 3.11. The first-order chi connectivity index (χ1) is 6.59. The molecule has 1 heterocycles. The van der Waals surface area contributed by atoms with E-state index in [0.29, 0.717) is 12.1 Å². The number of nitro groups is 1. The van der Waals surface area contributed by atoms with Crippen molar-refractivity contribution in [3.8, 4) is 0 Å². The molecule has 0 saturated carbocycles. The number of nitrogens with zero attached hydrogens (tertiary/aromatic N) is 2. The minimum atomic E-state index is -0.523. The maximum Gasteiger partial charge on any atom is 0.287 e. The molecular weight excluding hydrogens is 186 g/mol. The average Bonchev–Trinajstić information content (AvgIpc) is 2.15. The lowest BCUT2D eigenvalue weighted by molar-refractivity contribution is -0.385. The van der Waals surface area contributed by atoms with E-state index in [-0.39, 0.29) is 12.1 Å². The number of amides is 1. The Bertz CT molecular complexity index is 347. The molecule has 0 radical (unpaired) electrons. The smallest absolute Gasteiger partial charge is 0.287 e. The van der Waals surface area contributed by atoms with Crippen LogP contribution in [0.25, 0.3) is 0 Å². The number of aromatic nitrogens is 1. The minimum Gasteiger partial charge on any atom is -0.370 e. The fraction of sp³-hybridized carbons (Fsp3) is 0.250. The zero-order valence-electron chi connectivity index (χ0n) is 7.34. The second-order valence-corrected chi connectivity index (χ2v) is 2.73. The van der Waals surface area contributed by atoms with Gasteiger partial charge in [-0.15, -0.1) is 0 Å². The van der Waals surface area contributed by atoms with Crippen LogP contribution < -0.4 is 5.73 Å². The second kappa shape index (κ2) is 4.31. The SMILES string of the molecule is NC(=O)CCc1ccc([N+](=O)[O-])cn1. The molecule has 1 rings (SSSR count). The third kappa shape index (κ3) is 2.81. The van der Waals surface area contributed by atoms with Crippen LogP contribution in [0.4, 0.5) is 5.69 Å². The number of pyridine rings is 1. The zero-order chi connectivity index (χ0) is 10.6. The molecule has 0 aliphatic heterocycles. The van der Waals surface area contributed by atoms with Crippen molar-refractivity contribution in [3.63, 3.8) is 0 Å². The Morgan fingerprint density at radius 3 is 2.71 bits per heavy atom. The number of hydrogen-bond acceptors (Lipinski definition) is 4. The van der Waals surface area contributed by atoms with Crippen molar-refractivity contribution >= 4 is 11.6 Å². The molecule has 6 nitrogen and oxygen atoms in total. The van der Waals surface area contributed by atoms with Crippen molar-refractivity contribution in [2.45, 2.75) is 12.8 Å². The predicted molar refractivity (Wildman–Crippen MR) is 48.4 cm³/mol. The van der Waals surface area contributed by atoms with Gasteiger partial charge in [-0.05, 0) is 12.5 Å². The highest BCUT2D eigenvalue weighted by Gasteiger charge is 2.05. The summed E-state index contributed by atoms with van der Waals surface area (Å²) in [5, 5.41) is 10.3. The quantitative estimate of drug-likeness (QED) is 0.555. The summed E-state index contributed by atoms with van der Waals surface area (Å²) in [6.45, 7) is 0. The molecule has 6 heteroatoms. The fourth-order valence-corrected chi connectivity index (χ4v) is 0.924. The highest BCUT2D eigenvalue weighted by Crippen LogP contribution is 2.09. The maximum atomic E-state index is 10.4. The molecule has 1 aromatic rings. The molecule has 0 spiro atoms. The van der Waals surface area contributed by atoms with Crippen LogP contribution in [0.15, 0.2) is 18.3 Å². The summed E-state index contributed by atoms with van der Waals surface area (Å²) in [7, 11) is 0. The third-order valence-corrected chi connectivity index (χ3v) is 1.65. The average molecular weight is 195 g/mol. The van der Waals surface area contributed by atoms with Crippen molar-refractivity contribution in [1.82, 2.24) is 4.98 Å². The van der Waals surface area contributed by atoms with E-state index in [4.69, 9.17) is 5.73 Å². The summed E-state index contributed by atoms with van der Waals surface area (Å²) in [5.74, 6) is -0.412. The van der Waals surface area contributed by atoms with Gasteiger partial charge in [0.15, 0.2) is 0 Å². The van der Waals surface area contributed by atoms with Crippen LogP contribution in [-0.4, -0.2) is 15.8 Å². The standard InChI is InChI=1S/C8H9N3O3/c9-8(12)4-2-6-1-3-7(5-10-6)11(13)14/h1,3,5H,2,4H2,(H2,9,12). The van der Waals surface area contributed by atoms with Crippen LogP contribution in [0.3, 0.4) is 0 Å². The molecular formula is C8H9N3O3. The number of primary amides is 1. The van der Waals surface area contributed by atoms with Crippen molar-refractivity contribution < 1.29 is 9.72 Å². The van der Waals surface area contributed by atoms with Crippen LogP contribution in [-0.2, 0) is 11.2 Å². The van der Waals surface area contributed by atoms with Crippen LogP contribution in [0.2, 0.25) is 0 Å². The van der Waals surface area contributed by atoms with Crippen LogP contribution in [0.5, 0.6) is 0 Å². The second-order valence-electron chi connectivity index (χ2n) is 2.73. The van der Waals surface area contributed by atoms with Crippen LogP contribution >= 0.6 is 0 Å². The largest absolute Gasteiger partial charge is 0.370 e. The lowest BCUT2D eigenvalue weighted by Gasteiger charge is -1.96. The van der Waals surface area contributed by atoms with Gasteiger partial charge in [0.05, 0.1) is 4.92 Å². The molecule has 0 unspecified atom stereocenters. The molecule has 0 aliphatic carbocycles. The monoisotopic (exact) mass is 195 g/mol. The van der Waals surface area contributed by atoms with E-state index in [9.17, 15) is 14.9 Å². The molecule has 74 valence electrons. The normalized spacial score (nSPS) is 9.71. The van der Waals surface area contributed by atoms with Crippen LogP contribution in [0, 0.1) is 10.1 Å². The van der Waals surface area contributed by atoms with E-state index >= 15 is 0 Å². The maximum absolute atomic E-state index is 10.4. The van der Waals surface area contributed by atoms with Gasteiger partial charge in [0.25, 0.3) is 5.69 Å². The van der Waals surface area contributed by atoms with Gasteiger partial charge in [0, 0.05) is 18.2 Å². The molecule has 0 fully saturated rings. The third-order valence-electron chi connectivity index (χ3n) is 1.65. The van der Waals surface area contributed by atoms with Crippen LogP contribution in [0.1, 0.15) is 12.1 Å². The highest BCUT2D eigenvalue weighted by atomic mass is 16.6. The zero-order valence-corrected chi connectivity index (χ0v) is 7.34. The van der Waals surface area contributed by atoms with Crippen molar-refractivity contribution in [3.05, 3.63) is 34.1 Å². The van der Waals surface area contributed by atoms with Crippen molar-refractivity contribution in [2.24, 2.45) is 5.73 Å². The molecule has 0 aliphatic rings. The van der Waals surface area contributed by atoms with E-state index in [1.165, 1.54) is 12.1 Å². The van der Waals surface area contributed by atoms with Crippen molar-refractivity contribution in [2.75, 3.05) is 0 Å². The molecule has 1 amide bonds. The number of hydrogen-bond donors (Lipinski definition) is 1. The topological polar surface area (TPSA) is 99.1 Å².